The monoisotopic (exact) mass is 774 g/mol. The summed E-state index contributed by atoms with van der Waals surface area (Å²) in [5.41, 5.74) is 3.09. The van der Waals surface area contributed by atoms with Gasteiger partial charge in [0, 0.05) is 32.6 Å². The number of aliphatic hydroxyl groups is 1. The van der Waals surface area contributed by atoms with Gasteiger partial charge in [-0.25, -0.2) is 17.4 Å². The number of sulfonamides is 1. The summed E-state index contributed by atoms with van der Waals surface area (Å²) in [6, 6.07) is 2.63. The number of likely N-dealkylation sites (tertiary alicyclic amines) is 1. The van der Waals surface area contributed by atoms with Gasteiger partial charge in [0.15, 0.2) is 0 Å². The second-order valence-corrected chi connectivity index (χ2v) is 18.4. The fraction of sp³-hybridized carbons (Fsp3) is 0.629. The van der Waals surface area contributed by atoms with Crippen LogP contribution in [0.2, 0.25) is 0 Å². The topological polar surface area (TPSA) is 227 Å². The van der Waals surface area contributed by atoms with Crippen LogP contribution in [0.5, 0.6) is 0 Å². The molecule has 0 spiro atoms. The molecule has 3 atom stereocenters. The van der Waals surface area contributed by atoms with Gasteiger partial charge in [0.2, 0.25) is 27.6 Å². The summed E-state index contributed by atoms with van der Waals surface area (Å²) in [6.45, 7) is 3.12. The molecule has 0 radical (unpaired) electrons. The lowest BCUT2D eigenvalue weighted by molar-refractivity contribution is -0.145. The van der Waals surface area contributed by atoms with Gasteiger partial charge in [-0.05, 0) is 74.8 Å². The minimum absolute atomic E-state index is 0.00790. The zero-order valence-electron chi connectivity index (χ0n) is 30.6. The first-order chi connectivity index (χ1) is 24.9. The third-order valence-electron chi connectivity index (χ3n) is 10.6. The Morgan fingerprint density at radius 3 is 2.30 bits per heavy atom. The Morgan fingerprint density at radius 2 is 1.72 bits per heavy atom. The highest BCUT2D eigenvalue weighted by atomic mass is 32.2. The Hall–Kier alpha value is -3.87. The van der Waals surface area contributed by atoms with Crippen molar-refractivity contribution in [2.75, 3.05) is 32.1 Å². The van der Waals surface area contributed by atoms with E-state index in [1.54, 1.807) is 25.6 Å². The van der Waals surface area contributed by atoms with Gasteiger partial charge in [0.25, 0.3) is 11.8 Å². The van der Waals surface area contributed by atoms with Crippen LogP contribution in [0.1, 0.15) is 93.7 Å². The van der Waals surface area contributed by atoms with Crippen LogP contribution in [0.15, 0.2) is 35.4 Å². The Kier molecular flexibility index (Phi) is 12.4. The first-order valence-corrected chi connectivity index (χ1v) is 20.5. The first-order valence-electron chi connectivity index (χ1n) is 18.0. The minimum atomic E-state index is -3.73. The molecule has 2 saturated heterocycles. The summed E-state index contributed by atoms with van der Waals surface area (Å²) >= 11 is 1.59. The summed E-state index contributed by atoms with van der Waals surface area (Å²) in [5, 5.41) is 24.8. The van der Waals surface area contributed by atoms with Gasteiger partial charge < -0.3 is 26.4 Å². The number of hydrogen-bond donors (Lipinski definition) is 4. The number of carbonyl (C=O) groups is 5. The van der Waals surface area contributed by atoms with E-state index in [-0.39, 0.29) is 42.2 Å². The maximum absolute atomic E-state index is 14.8. The Labute approximate surface area is 314 Å². The number of aromatic nitrogens is 3. The summed E-state index contributed by atoms with van der Waals surface area (Å²) < 4.78 is 27.8. The van der Waals surface area contributed by atoms with E-state index in [2.05, 4.69) is 20.9 Å². The van der Waals surface area contributed by atoms with Gasteiger partial charge in [-0.2, -0.15) is 11.8 Å². The number of hydrogen-bond acceptors (Lipinski definition) is 11. The average Bonchev–Trinajstić information content (AvgIpc) is 3.80. The van der Waals surface area contributed by atoms with Crippen LogP contribution >= 0.6 is 11.8 Å². The second kappa shape index (κ2) is 16.2. The van der Waals surface area contributed by atoms with Crippen molar-refractivity contribution >= 4 is 51.2 Å². The number of nitrogens with two attached hydrogens (primary N) is 1. The van der Waals surface area contributed by atoms with E-state index in [0.717, 1.165) is 36.4 Å². The van der Waals surface area contributed by atoms with Crippen molar-refractivity contribution < 1.29 is 37.5 Å². The molecule has 4 amide bonds. The Balaban J connectivity index is 1.48. The van der Waals surface area contributed by atoms with E-state index in [1.807, 2.05) is 0 Å². The number of Topliss-reactive ketones (excluding diaryl/α,β-unsaturated/α-hetero) is 1. The Morgan fingerprint density at radius 1 is 1.08 bits per heavy atom. The van der Waals surface area contributed by atoms with E-state index in [9.17, 15) is 37.5 Å². The lowest BCUT2D eigenvalue weighted by atomic mass is 9.84. The van der Waals surface area contributed by atoms with Crippen LogP contribution in [0.3, 0.4) is 0 Å². The van der Waals surface area contributed by atoms with Gasteiger partial charge in [0.1, 0.15) is 23.2 Å². The molecule has 2 aromatic rings. The van der Waals surface area contributed by atoms with Crippen molar-refractivity contribution in [1.29, 1.82) is 0 Å². The first kappa shape index (κ1) is 40.3. The van der Waals surface area contributed by atoms with E-state index in [4.69, 9.17) is 5.73 Å². The van der Waals surface area contributed by atoms with Gasteiger partial charge >= 0.3 is 0 Å². The van der Waals surface area contributed by atoms with Crippen molar-refractivity contribution in [2.45, 2.75) is 106 Å². The van der Waals surface area contributed by atoms with Gasteiger partial charge in [-0.15, -0.1) is 5.10 Å². The van der Waals surface area contributed by atoms with Crippen molar-refractivity contribution in [1.82, 2.24) is 34.8 Å². The maximum Gasteiger partial charge on any atom is 0.287 e. The number of benzene rings is 1. The normalized spacial score (nSPS) is 21.6. The summed E-state index contributed by atoms with van der Waals surface area (Å²) in [7, 11) is -0.917. The predicted octanol–water partition coefficient (Wildman–Crippen LogP) is 1.10. The van der Waals surface area contributed by atoms with Crippen LogP contribution in [0.4, 0.5) is 0 Å². The van der Waals surface area contributed by atoms with Crippen LogP contribution in [0.25, 0.3) is 0 Å². The molecule has 5 rings (SSSR count). The summed E-state index contributed by atoms with van der Waals surface area (Å²) in [6.07, 6.45) is 6.94. The molecule has 0 bridgehead atoms. The van der Waals surface area contributed by atoms with E-state index in [0.29, 0.717) is 23.6 Å². The summed E-state index contributed by atoms with van der Waals surface area (Å²) in [4.78, 5) is 69.5. The highest BCUT2D eigenvalue weighted by molar-refractivity contribution is 7.99. The zero-order chi connectivity index (χ0) is 38.7. The highest BCUT2D eigenvalue weighted by Gasteiger charge is 2.49. The third kappa shape index (κ3) is 8.92. The second-order valence-electron chi connectivity index (χ2n) is 15.0. The predicted molar refractivity (Wildman–Crippen MR) is 196 cm³/mol. The number of rotatable bonds is 13. The van der Waals surface area contributed by atoms with E-state index >= 15 is 0 Å². The van der Waals surface area contributed by atoms with E-state index in [1.165, 1.54) is 54.1 Å². The number of thioether (sulfide) groups is 1. The molecule has 1 aliphatic carbocycles. The van der Waals surface area contributed by atoms with Gasteiger partial charge in [-0.1, -0.05) is 37.3 Å². The molecule has 3 aliphatic rings. The van der Waals surface area contributed by atoms with Gasteiger partial charge in [-0.3, -0.25) is 24.0 Å². The smallest absolute Gasteiger partial charge is 0.287 e. The van der Waals surface area contributed by atoms with Crippen molar-refractivity contribution in [3.63, 3.8) is 0 Å². The minimum Gasteiger partial charge on any atom is -0.384 e. The molecule has 2 aliphatic heterocycles. The molecule has 18 heteroatoms. The molecular weight excluding hydrogens is 725 g/mol. The molecule has 1 saturated carbocycles. The van der Waals surface area contributed by atoms with Crippen LogP contribution in [-0.4, -0.2) is 117 Å². The lowest BCUT2D eigenvalue weighted by Crippen LogP contribution is -2.63. The summed E-state index contributed by atoms with van der Waals surface area (Å²) in [5.74, 6) is -2.65. The van der Waals surface area contributed by atoms with Gasteiger partial charge in [0.05, 0.1) is 22.8 Å². The molecule has 1 aromatic carbocycles. The molecule has 1 aromatic heterocycles. The third-order valence-corrected chi connectivity index (χ3v) is 13.4. The fourth-order valence-corrected chi connectivity index (χ4v) is 9.62. The number of nitrogens with one attached hydrogen (secondary N) is 2. The molecule has 290 valence electrons. The van der Waals surface area contributed by atoms with Crippen molar-refractivity contribution in [3.05, 3.63) is 41.7 Å². The number of carbonyl (C=O) groups excluding carboxylic acids is 5. The standard InChI is InChI=1S/C35H50N8O8S2/c1-34(2,49)28-20-37-40-43(28)24-19-27(32(47)39-35(29(44)30(36)45)14-16-52-17-15-35)42(21-24)33(48)26(18-22-8-6-5-7-9-22)38-31(46)23-10-12-25(13-11-23)53(50,51)41(3)4/h10-13,20,22,24,26-27,49H,5-9,14-19,21H2,1-4H3,(H2,36,45)(H,38,46)(H,39,47)/t24-,26?,27-/m0/s1. The molecule has 3 fully saturated rings. The van der Waals surface area contributed by atoms with Crippen LogP contribution < -0.4 is 16.4 Å². The SMILES string of the molecule is CN(C)S(=O)(=O)c1ccc(C(=O)NC(CC2CCCCC2)C(=O)N2C[C@@H](n3nncc3C(C)(C)O)C[C@H]2C(=O)NC2(C(=O)C(N)=O)CCSCC2)cc1. The highest BCUT2D eigenvalue weighted by Crippen LogP contribution is 2.35. The molecule has 16 nitrogen and oxygen atoms in total. The lowest BCUT2D eigenvalue weighted by Gasteiger charge is -2.37. The Bertz CT molecular complexity index is 1800. The number of amides is 4. The fourth-order valence-electron chi connectivity index (χ4n) is 7.53. The average molecular weight is 775 g/mol. The van der Waals surface area contributed by atoms with Crippen molar-refractivity contribution in [3.8, 4) is 0 Å². The molecule has 1 unspecified atom stereocenters. The zero-order valence-corrected chi connectivity index (χ0v) is 32.2. The number of primary amides is 1. The van der Waals surface area contributed by atoms with Crippen molar-refractivity contribution in [2.24, 2.45) is 11.7 Å². The quantitative estimate of drug-likeness (QED) is 0.211. The molecular formula is C35H50N8O8S2. The van der Waals surface area contributed by atoms with E-state index < -0.39 is 68.7 Å². The molecule has 5 N–H and O–H groups in total. The maximum atomic E-state index is 14.8. The van der Waals surface area contributed by atoms with Crippen LogP contribution in [0, 0.1) is 5.92 Å². The number of ketones is 1. The molecule has 53 heavy (non-hydrogen) atoms. The van der Waals surface area contributed by atoms with Crippen LogP contribution in [-0.2, 0) is 34.8 Å². The largest absolute Gasteiger partial charge is 0.384 e. The number of nitrogens with zero attached hydrogens (tertiary/aromatic N) is 5. The molecule has 3 heterocycles.